The van der Waals surface area contributed by atoms with Crippen molar-refractivity contribution in [2.24, 2.45) is 50.7 Å². The number of hydrogen-bond acceptors (Lipinski definition) is 5. The van der Waals surface area contributed by atoms with Crippen molar-refractivity contribution >= 4 is 5.97 Å². The third-order valence-electron chi connectivity index (χ3n) is 13.6. The van der Waals surface area contributed by atoms with Crippen LogP contribution in [0.15, 0.2) is 11.6 Å². The van der Waals surface area contributed by atoms with Crippen molar-refractivity contribution in [3.8, 4) is 0 Å². The van der Waals surface area contributed by atoms with Gasteiger partial charge in [-0.1, -0.05) is 53.2 Å². The fourth-order valence-electron chi connectivity index (χ4n) is 10.9. The Bertz CT molecular complexity index is 986. The molecule has 6 nitrogen and oxygen atoms in total. The summed E-state index contributed by atoms with van der Waals surface area (Å²) in [6, 6.07) is 0. The fraction of sp³-hybridized carbons (Fsp3) is 0.900. The maximum atomic E-state index is 12.8. The Morgan fingerprint density at radius 1 is 0.889 bits per heavy atom. The third kappa shape index (κ3) is 2.80. The summed E-state index contributed by atoms with van der Waals surface area (Å²) in [5.41, 5.74) is -2.63. The lowest BCUT2D eigenvalue weighted by molar-refractivity contribution is -0.279. The van der Waals surface area contributed by atoms with Gasteiger partial charge in [-0.2, -0.15) is 0 Å². The fourth-order valence-corrected chi connectivity index (χ4v) is 10.9. The number of carboxylic acids is 1. The molecule has 0 saturated heterocycles. The lowest BCUT2D eigenvalue weighted by atomic mass is 9.32. The first-order chi connectivity index (χ1) is 16.4. The van der Waals surface area contributed by atoms with Gasteiger partial charge in [-0.05, 0) is 85.9 Å². The molecule has 4 saturated carbocycles. The van der Waals surface area contributed by atoms with Crippen molar-refractivity contribution in [2.75, 3.05) is 0 Å². The van der Waals surface area contributed by atoms with Gasteiger partial charge in [-0.3, -0.25) is 4.79 Å². The Hall–Kier alpha value is -0.950. The van der Waals surface area contributed by atoms with E-state index in [1.165, 1.54) is 0 Å². The molecule has 3 unspecified atom stereocenters. The van der Waals surface area contributed by atoms with Gasteiger partial charge in [0.05, 0.1) is 23.2 Å². The van der Waals surface area contributed by atoms with Crippen LogP contribution in [0.3, 0.4) is 0 Å². The molecule has 204 valence electrons. The first-order valence-corrected chi connectivity index (χ1v) is 14.1. The van der Waals surface area contributed by atoms with Gasteiger partial charge in [0.1, 0.15) is 6.10 Å². The molecular formula is C30H48O6. The van der Waals surface area contributed by atoms with E-state index in [0.717, 1.165) is 24.8 Å². The predicted molar refractivity (Wildman–Crippen MR) is 137 cm³/mol. The summed E-state index contributed by atoms with van der Waals surface area (Å²) in [6.07, 6.45) is 4.02. The number of aliphatic hydroxyl groups is 4. The highest BCUT2D eigenvalue weighted by Crippen LogP contribution is 2.76. The number of rotatable bonds is 1. The summed E-state index contributed by atoms with van der Waals surface area (Å²) < 4.78 is 0. The topological polar surface area (TPSA) is 118 Å². The van der Waals surface area contributed by atoms with Crippen LogP contribution in [0.5, 0.6) is 0 Å². The first-order valence-electron chi connectivity index (χ1n) is 14.1. The van der Waals surface area contributed by atoms with Gasteiger partial charge >= 0.3 is 5.97 Å². The minimum Gasteiger partial charge on any atom is -0.481 e. The number of fused-ring (bicyclic) bond motifs is 7. The van der Waals surface area contributed by atoms with E-state index in [2.05, 4.69) is 26.8 Å². The van der Waals surface area contributed by atoms with Crippen molar-refractivity contribution in [3.63, 3.8) is 0 Å². The molecule has 0 amide bonds. The third-order valence-corrected chi connectivity index (χ3v) is 13.6. The number of aliphatic hydroxyl groups excluding tert-OH is 3. The number of hydrogen-bond donors (Lipinski definition) is 5. The Kier molecular flexibility index (Phi) is 5.61. The SMILES string of the molecule is C[C@@H]1CC[C@]2(C(=O)O)CC[C@]3(C)C(=CCC4[C@]5(C)C(CC[C@]43C)C(C)(C)[C@@H](O)[C@H](O)[C@@H]5O)C2[C@]1(C)O. The molecule has 0 aromatic heterocycles. The lowest BCUT2D eigenvalue weighted by Crippen LogP contribution is -2.72. The van der Waals surface area contributed by atoms with Gasteiger partial charge in [0, 0.05) is 11.3 Å². The summed E-state index contributed by atoms with van der Waals surface area (Å²) in [5.74, 6) is -1.10. The largest absolute Gasteiger partial charge is 0.481 e. The number of aliphatic carboxylic acids is 1. The molecule has 0 spiro atoms. The number of carbonyl (C=O) groups is 1. The maximum absolute atomic E-state index is 12.8. The van der Waals surface area contributed by atoms with E-state index < -0.39 is 52.0 Å². The molecular weight excluding hydrogens is 456 g/mol. The molecule has 0 bridgehead atoms. The Morgan fingerprint density at radius 3 is 2.14 bits per heavy atom. The zero-order chi connectivity index (χ0) is 26.9. The second kappa shape index (κ2) is 7.58. The smallest absolute Gasteiger partial charge is 0.310 e. The number of allylic oxidation sites excluding steroid dienone is 1. The van der Waals surface area contributed by atoms with Crippen LogP contribution in [0.1, 0.15) is 93.4 Å². The first kappa shape index (κ1) is 26.6. The standard InChI is InChI=1S/C30H48O6/c1-16-10-13-30(24(34)35)15-14-26(4)17(21(30)29(16,7)36)8-9-19-27(26,5)12-11-18-25(2,3)22(32)20(31)23(33)28(18,19)6/h8,16,18-23,31-33,36H,9-15H2,1-7H3,(H,34,35)/t16-,18?,19?,20+,21?,22+,23+,26-,27-,28+,29-,30+/m1/s1. The molecule has 0 aromatic rings. The highest BCUT2D eigenvalue weighted by atomic mass is 16.4. The van der Waals surface area contributed by atoms with E-state index in [9.17, 15) is 30.3 Å². The molecule has 6 heteroatoms. The quantitative estimate of drug-likeness (QED) is 0.343. The average Bonchev–Trinajstić information content (AvgIpc) is 2.79. The molecule has 0 heterocycles. The van der Waals surface area contributed by atoms with Crippen LogP contribution in [0.4, 0.5) is 0 Å². The van der Waals surface area contributed by atoms with E-state index in [4.69, 9.17) is 0 Å². The summed E-state index contributed by atoms with van der Waals surface area (Å²) in [6.45, 7) is 14.7. The predicted octanol–water partition coefficient (Wildman–Crippen LogP) is 4.15. The second-order valence-corrected chi connectivity index (χ2v) is 14.9. The van der Waals surface area contributed by atoms with Crippen LogP contribution in [0, 0.1) is 50.7 Å². The van der Waals surface area contributed by atoms with Crippen molar-refractivity contribution in [2.45, 2.75) is 117 Å². The van der Waals surface area contributed by atoms with E-state index in [-0.39, 0.29) is 28.6 Å². The summed E-state index contributed by atoms with van der Waals surface area (Å²) in [4.78, 5) is 12.8. The van der Waals surface area contributed by atoms with Crippen LogP contribution >= 0.6 is 0 Å². The molecule has 12 atom stereocenters. The van der Waals surface area contributed by atoms with Crippen LogP contribution in [0.2, 0.25) is 0 Å². The number of carboxylic acid groups (broad SMARTS) is 1. The molecule has 0 radical (unpaired) electrons. The van der Waals surface area contributed by atoms with Crippen molar-refractivity contribution in [1.29, 1.82) is 0 Å². The monoisotopic (exact) mass is 504 g/mol. The maximum Gasteiger partial charge on any atom is 0.310 e. The van der Waals surface area contributed by atoms with Crippen molar-refractivity contribution < 1.29 is 30.3 Å². The molecule has 5 aliphatic carbocycles. The second-order valence-electron chi connectivity index (χ2n) is 14.9. The van der Waals surface area contributed by atoms with Gasteiger partial charge in [0.15, 0.2) is 0 Å². The average molecular weight is 505 g/mol. The Morgan fingerprint density at radius 2 is 1.53 bits per heavy atom. The minimum absolute atomic E-state index is 0.00890. The molecule has 4 fully saturated rings. The minimum atomic E-state index is -1.20. The zero-order valence-electron chi connectivity index (χ0n) is 23.2. The van der Waals surface area contributed by atoms with E-state index in [0.29, 0.717) is 25.7 Å². The molecule has 5 aliphatic rings. The van der Waals surface area contributed by atoms with Crippen LogP contribution in [-0.2, 0) is 4.79 Å². The molecule has 0 aromatic carbocycles. The van der Waals surface area contributed by atoms with Crippen molar-refractivity contribution in [3.05, 3.63) is 11.6 Å². The van der Waals surface area contributed by atoms with Crippen LogP contribution < -0.4 is 0 Å². The zero-order valence-corrected chi connectivity index (χ0v) is 23.2. The van der Waals surface area contributed by atoms with Gasteiger partial charge in [0.2, 0.25) is 0 Å². The summed E-state index contributed by atoms with van der Waals surface area (Å²) in [7, 11) is 0. The van der Waals surface area contributed by atoms with Crippen LogP contribution in [0.25, 0.3) is 0 Å². The molecule has 5 N–H and O–H groups in total. The normalized spacial score (nSPS) is 58.0. The van der Waals surface area contributed by atoms with E-state index >= 15 is 0 Å². The molecule has 5 rings (SSSR count). The van der Waals surface area contributed by atoms with E-state index in [1.807, 2.05) is 27.7 Å². The summed E-state index contributed by atoms with van der Waals surface area (Å²) in [5, 5.41) is 55.9. The van der Waals surface area contributed by atoms with Gasteiger partial charge in [0.25, 0.3) is 0 Å². The van der Waals surface area contributed by atoms with Gasteiger partial charge in [-0.25, -0.2) is 0 Å². The van der Waals surface area contributed by atoms with Crippen molar-refractivity contribution in [1.82, 2.24) is 0 Å². The lowest BCUT2D eigenvalue weighted by Gasteiger charge is -2.72. The Balaban J connectivity index is 1.67. The Labute approximate surface area is 216 Å². The molecule has 36 heavy (non-hydrogen) atoms. The summed E-state index contributed by atoms with van der Waals surface area (Å²) >= 11 is 0. The van der Waals surface area contributed by atoms with Crippen LogP contribution in [-0.4, -0.2) is 55.4 Å². The molecule has 0 aliphatic heterocycles. The van der Waals surface area contributed by atoms with Gasteiger partial charge in [-0.15, -0.1) is 0 Å². The highest BCUT2D eigenvalue weighted by Gasteiger charge is 2.73. The highest BCUT2D eigenvalue weighted by molar-refractivity contribution is 5.77. The van der Waals surface area contributed by atoms with Gasteiger partial charge < -0.3 is 25.5 Å². The van der Waals surface area contributed by atoms with E-state index in [1.54, 1.807) is 0 Å².